The molecule has 76 valence electrons. The van der Waals surface area contributed by atoms with Gasteiger partial charge in [-0.15, -0.1) is 0 Å². The van der Waals surface area contributed by atoms with Crippen molar-refractivity contribution in [2.75, 3.05) is 0 Å². The molecule has 1 saturated carbocycles. The van der Waals surface area contributed by atoms with Gasteiger partial charge in [0.1, 0.15) is 12.4 Å². The van der Waals surface area contributed by atoms with Crippen LogP contribution in [0.3, 0.4) is 0 Å². The van der Waals surface area contributed by atoms with Gasteiger partial charge in [0.25, 0.3) is 0 Å². The lowest BCUT2D eigenvalue weighted by Crippen LogP contribution is -2.31. The molecule has 0 amide bonds. The summed E-state index contributed by atoms with van der Waals surface area (Å²) in [6, 6.07) is 2.15. The molecule has 1 aromatic heterocycles. The van der Waals surface area contributed by atoms with Gasteiger partial charge in [0.15, 0.2) is 0 Å². The minimum Gasteiger partial charge on any atom is -0.474 e. The molecule has 2 rings (SSSR count). The van der Waals surface area contributed by atoms with Gasteiger partial charge in [-0.05, 0) is 25.7 Å². The number of ether oxygens (including phenoxy) is 1. The molecule has 0 spiro atoms. The second kappa shape index (κ2) is 4.37. The van der Waals surface area contributed by atoms with Crippen LogP contribution in [-0.4, -0.2) is 22.1 Å². The molecule has 0 unspecified atom stereocenters. The third-order valence-electron chi connectivity index (χ3n) is 2.56. The Morgan fingerprint density at radius 3 is 2.71 bits per heavy atom. The van der Waals surface area contributed by atoms with Crippen molar-refractivity contribution in [1.82, 2.24) is 9.97 Å². The molecule has 0 bridgehead atoms. The Labute approximate surface area is 83.5 Å². The Balaban J connectivity index is 1.87. The molecule has 4 heteroatoms. The lowest BCUT2D eigenvalue weighted by molar-refractivity contribution is 0.141. The van der Waals surface area contributed by atoms with Crippen molar-refractivity contribution in [3.05, 3.63) is 18.6 Å². The fraction of sp³-hybridized carbons (Fsp3) is 0.600. The van der Waals surface area contributed by atoms with Crippen molar-refractivity contribution in [2.45, 2.75) is 37.8 Å². The van der Waals surface area contributed by atoms with Crippen LogP contribution in [0.25, 0.3) is 0 Å². The van der Waals surface area contributed by atoms with Gasteiger partial charge in [0.2, 0.25) is 5.88 Å². The average Bonchev–Trinajstić information content (AvgIpc) is 2.23. The van der Waals surface area contributed by atoms with Crippen LogP contribution in [0.2, 0.25) is 0 Å². The van der Waals surface area contributed by atoms with E-state index in [0.717, 1.165) is 25.7 Å². The lowest BCUT2D eigenvalue weighted by atomic mass is 9.94. The first-order chi connectivity index (χ1) is 6.84. The first kappa shape index (κ1) is 9.40. The minimum atomic E-state index is 0.282. The fourth-order valence-electron chi connectivity index (χ4n) is 1.73. The molecular weight excluding hydrogens is 178 g/mol. The van der Waals surface area contributed by atoms with E-state index in [0.29, 0.717) is 11.9 Å². The second-order valence-electron chi connectivity index (χ2n) is 3.70. The summed E-state index contributed by atoms with van der Waals surface area (Å²) < 4.78 is 5.70. The van der Waals surface area contributed by atoms with Gasteiger partial charge in [-0.1, -0.05) is 0 Å². The van der Waals surface area contributed by atoms with Gasteiger partial charge in [-0.3, -0.25) is 0 Å². The van der Waals surface area contributed by atoms with Gasteiger partial charge in [0, 0.05) is 18.3 Å². The predicted octanol–water partition coefficient (Wildman–Crippen LogP) is 1.13. The minimum absolute atomic E-state index is 0.282. The van der Waals surface area contributed by atoms with Crippen molar-refractivity contribution in [3.63, 3.8) is 0 Å². The Morgan fingerprint density at radius 2 is 2.07 bits per heavy atom. The number of hydrogen-bond donors (Lipinski definition) is 1. The Morgan fingerprint density at radius 1 is 1.29 bits per heavy atom. The Bertz CT molecular complexity index is 270. The molecular formula is C10H15N3O. The number of nitrogens with two attached hydrogens (primary N) is 1. The van der Waals surface area contributed by atoms with Crippen LogP contribution in [0.5, 0.6) is 5.88 Å². The van der Waals surface area contributed by atoms with Gasteiger partial charge in [0.05, 0.1) is 0 Å². The summed E-state index contributed by atoms with van der Waals surface area (Å²) in [6.45, 7) is 0. The third kappa shape index (κ3) is 2.42. The summed E-state index contributed by atoms with van der Waals surface area (Å²) in [4.78, 5) is 7.87. The average molecular weight is 193 g/mol. The highest BCUT2D eigenvalue weighted by Crippen LogP contribution is 2.21. The van der Waals surface area contributed by atoms with Crippen LogP contribution in [0.1, 0.15) is 25.7 Å². The summed E-state index contributed by atoms with van der Waals surface area (Å²) in [5, 5.41) is 0. The Hall–Kier alpha value is -1.16. The number of rotatable bonds is 2. The number of nitrogens with zero attached hydrogens (tertiary/aromatic N) is 2. The van der Waals surface area contributed by atoms with Crippen LogP contribution >= 0.6 is 0 Å². The molecule has 1 aliphatic carbocycles. The van der Waals surface area contributed by atoms with Crippen molar-refractivity contribution in [3.8, 4) is 5.88 Å². The highest BCUT2D eigenvalue weighted by Gasteiger charge is 2.19. The van der Waals surface area contributed by atoms with Crippen LogP contribution in [0.4, 0.5) is 0 Å². The van der Waals surface area contributed by atoms with E-state index in [2.05, 4.69) is 9.97 Å². The van der Waals surface area contributed by atoms with Crippen LogP contribution < -0.4 is 10.5 Å². The third-order valence-corrected chi connectivity index (χ3v) is 2.56. The van der Waals surface area contributed by atoms with E-state index < -0.39 is 0 Å². The molecule has 2 N–H and O–H groups in total. The van der Waals surface area contributed by atoms with E-state index in [1.165, 1.54) is 6.33 Å². The van der Waals surface area contributed by atoms with Gasteiger partial charge >= 0.3 is 0 Å². The van der Waals surface area contributed by atoms with E-state index in [4.69, 9.17) is 10.5 Å². The van der Waals surface area contributed by atoms with E-state index in [1.807, 2.05) is 0 Å². The maximum absolute atomic E-state index is 5.81. The van der Waals surface area contributed by atoms with E-state index in [9.17, 15) is 0 Å². The van der Waals surface area contributed by atoms with E-state index >= 15 is 0 Å². The van der Waals surface area contributed by atoms with Crippen LogP contribution in [0, 0.1) is 0 Å². The van der Waals surface area contributed by atoms with Gasteiger partial charge in [-0.25, -0.2) is 9.97 Å². The molecule has 1 heterocycles. The number of hydrogen-bond acceptors (Lipinski definition) is 4. The van der Waals surface area contributed by atoms with Gasteiger partial charge in [-0.2, -0.15) is 0 Å². The lowest BCUT2D eigenvalue weighted by Gasteiger charge is -2.26. The maximum Gasteiger partial charge on any atom is 0.216 e. The standard InChI is InChI=1S/C10H15N3O/c11-8-1-3-9(4-2-8)14-10-5-6-12-7-13-10/h5-9H,1-4,11H2/t8-,9-. The molecule has 0 aromatic carbocycles. The van der Waals surface area contributed by atoms with Gasteiger partial charge < -0.3 is 10.5 Å². The van der Waals surface area contributed by atoms with Crippen LogP contribution in [-0.2, 0) is 0 Å². The smallest absolute Gasteiger partial charge is 0.216 e. The molecule has 14 heavy (non-hydrogen) atoms. The predicted molar refractivity (Wildman–Crippen MR) is 52.9 cm³/mol. The fourth-order valence-corrected chi connectivity index (χ4v) is 1.73. The maximum atomic E-state index is 5.81. The first-order valence-electron chi connectivity index (χ1n) is 5.03. The summed E-state index contributed by atoms with van der Waals surface area (Å²) in [5.74, 6) is 0.667. The van der Waals surface area contributed by atoms with E-state index in [-0.39, 0.29) is 6.10 Å². The highest BCUT2D eigenvalue weighted by molar-refractivity contribution is 5.05. The Kier molecular flexibility index (Phi) is 2.93. The molecule has 0 aliphatic heterocycles. The zero-order chi connectivity index (χ0) is 9.80. The quantitative estimate of drug-likeness (QED) is 0.764. The normalized spacial score (nSPS) is 27.2. The molecule has 0 saturated heterocycles. The zero-order valence-electron chi connectivity index (χ0n) is 8.10. The summed E-state index contributed by atoms with van der Waals surface area (Å²) >= 11 is 0. The van der Waals surface area contributed by atoms with Crippen molar-refractivity contribution < 1.29 is 4.74 Å². The molecule has 0 radical (unpaired) electrons. The van der Waals surface area contributed by atoms with Crippen molar-refractivity contribution in [2.24, 2.45) is 5.73 Å². The molecule has 1 aromatic rings. The second-order valence-corrected chi connectivity index (χ2v) is 3.70. The summed E-state index contributed by atoms with van der Waals surface area (Å²) in [5.41, 5.74) is 5.81. The van der Waals surface area contributed by atoms with E-state index in [1.54, 1.807) is 12.3 Å². The van der Waals surface area contributed by atoms with Crippen molar-refractivity contribution in [1.29, 1.82) is 0 Å². The molecule has 4 nitrogen and oxygen atoms in total. The topological polar surface area (TPSA) is 61.0 Å². The largest absolute Gasteiger partial charge is 0.474 e. The molecule has 1 fully saturated rings. The zero-order valence-corrected chi connectivity index (χ0v) is 8.10. The number of aromatic nitrogens is 2. The summed E-state index contributed by atoms with van der Waals surface area (Å²) in [6.07, 6.45) is 7.65. The van der Waals surface area contributed by atoms with Crippen molar-refractivity contribution >= 4 is 0 Å². The molecule has 0 atom stereocenters. The molecule has 1 aliphatic rings. The van der Waals surface area contributed by atoms with Crippen LogP contribution in [0.15, 0.2) is 18.6 Å². The highest BCUT2D eigenvalue weighted by atomic mass is 16.5. The SMILES string of the molecule is N[C@H]1CC[C@H](Oc2ccncn2)CC1. The monoisotopic (exact) mass is 193 g/mol. The summed E-state index contributed by atoms with van der Waals surface area (Å²) in [7, 11) is 0. The first-order valence-corrected chi connectivity index (χ1v) is 5.03.